The van der Waals surface area contributed by atoms with Gasteiger partial charge in [0.1, 0.15) is 17.5 Å². The fourth-order valence-electron chi connectivity index (χ4n) is 2.39. The van der Waals surface area contributed by atoms with Crippen LogP contribution < -0.4 is 10.6 Å². The van der Waals surface area contributed by atoms with Crippen molar-refractivity contribution >= 4 is 30.3 Å². The van der Waals surface area contributed by atoms with Crippen molar-refractivity contribution in [3.05, 3.63) is 77.3 Å². The molecule has 1 atom stereocenters. The summed E-state index contributed by atoms with van der Waals surface area (Å²) in [6.07, 6.45) is 4.11. The number of hydrogen-bond acceptors (Lipinski definition) is 2. The van der Waals surface area contributed by atoms with Gasteiger partial charge in [-0.25, -0.2) is 13.2 Å². The first kappa shape index (κ1) is 25.2. The number of hydrogen-bond donors (Lipinski definition) is 2. The third-order valence-electron chi connectivity index (χ3n) is 3.93. The van der Waals surface area contributed by atoms with Crippen LogP contribution in [0.3, 0.4) is 0 Å². The molecule has 2 aromatic carbocycles. The second kappa shape index (κ2) is 12.7. The van der Waals surface area contributed by atoms with Crippen LogP contribution in [-0.4, -0.2) is 26.3 Å². The van der Waals surface area contributed by atoms with Crippen LogP contribution in [0.1, 0.15) is 38.3 Å². The fourth-order valence-corrected chi connectivity index (χ4v) is 2.39. The van der Waals surface area contributed by atoms with Gasteiger partial charge in [0.2, 0.25) is 0 Å². The molecule has 2 rings (SSSR count). The monoisotopic (exact) mass is 417 g/mol. The molecule has 0 aliphatic carbocycles. The first-order valence-electron chi connectivity index (χ1n) is 9.48. The van der Waals surface area contributed by atoms with Crippen molar-refractivity contribution in [2.45, 2.75) is 33.5 Å². The normalized spacial score (nSPS) is 12.2. The van der Waals surface area contributed by atoms with Crippen molar-refractivity contribution in [1.29, 1.82) is 0 Å². The van der Waals surface area contributed by atoms with Gasteiger partial charge in [-0.15, -0.1) is 0 Å². The Kier molecular flexibility index (Phi) is 10.7. The van der Waals surface area contributed by atoms with E-state index in [1.165, 1.54) is 13.0 Å². The van der Waals surface area contributed by atoms with E-state index in [1.807, 2.05) is 38.2 Å². The molecule has 0 saturated carbocycles. The van der Waals surface area contributed by atoms with Gasteiger partial charge < -0.3 is 0 Å². The van der Waals surface area contributed by atoms with Gasteiger partial charge in [-0.1, -0.05) is 19.1 Å². The molecule has 0 aliphatic heterocycles. The number of rotatable bonds is 7. The summed E-state index contributed by atoms with van der Waals surface area (Å²) in [7, 11) is 7.66. The molecule has 0 spiro atoms. The van der Waals surface area contributed by atoms with Gasteiger partial charge in [0.05, 0.1) is 0 Å². The summed E-state index contributed by atoms with van der Waals surface area (Å²) in [6.45, 7) is 5.07. The predicted molar refractivity (Wildman–Crippen MR) is 120 cm³/mol. The summed E-state index contributed by atoms with van der Waals surface area (Å²) in [5.41, 5.74) is 3.24. The molecule has 2 aromatic rings. The van der Waals surface area contributed by atoms with Crippen molar-refractivity contribution in [2.75, 3.05) is 12.4 Å². The molecule has 0 saturated heterocycles. The molecule has 1 radical (unpaired) electrons. The topological polar surface area (TPSA) is 24.1 Å². The minimum absolute atomic E-state index is 0.191. The zero-order chi connectivity index (χ0) is 22.7. The van der Waals surface area contributed by atoms with Gasteiger partial charge >= 0.3 is 102 Å². The van der Waals surface area contributed by atoms with Crippen molar-refractivity contribution < 1.29 is 17.6 Å². The second-order valence-electron chi connectivity index (χ2n) is 6.44. The van der Waals surface area contributed by atoms with Gasteiger partial charge in [0, 0.05) is 17.7 Å². The Labute approximate surface area is 176 Å². The average Bonchev–Trinajstić information content (AvgIpc) is 2.68. The van der Waals surface area contributed by atoms with E-state index in [2.05, 4.69) is 10.6 Å². The van der Waals surface area contributed by atoms with E-state index >= 15 is 0 Å². The van der Waals surface area contributed by atoms with Crippen LogP contribution in [-0.2, 0) is 0 Å². The summed E-state index contributed by atoms with van der Waals surface area (Å²) < 4.78 is 51.0. The van der Waals surface area contributed by atoms with Crippen molar-refractivity contribution in [3.8, 4) is 0 Å². The molecule has 0 amide bonds. The molecule has 0 bridgehead atoms. The van der Waals surface area contributed by atoms with Crippen LogP contribution in [0, 0.1) is 17.5 Å². The van der Waals surface area contributed by atoms with E-state index in [1.54, 1.807) is 19.2 Å². The number of nitrogens with one attached hydrogen (secondary N) is 2. The number of anilines is 1. The van der Waals surface area contributed by atoms with E-state index in [0.29, 0.717) is 24.0 Å². The molecular weight excluding hydrogens is 391 g/mol. The summed E-state index contributed by atoms with van der Waals surface area (Å²) >= 11 is 0. The van der Waals surface area contributed by atoms with Crippen LogP contribution in [0.15, 0.2) is 48.7 Å². The average molecular weight is 417 g/mol. The standard InChI is InChI=1S/C13H17BFN2.C10H9F3/c1-9(14)13(8-17-10(2)15)11-4-6-12(16-3)7-5-11;1-2-3-4-8-9(12)5-7(11)6-10(8)13/h4-8,10,16-17H,1-3H3;3-6H,2H2,1H3/b13-8+;. The van der Waals surface area contributed by atoms with Crippen LogP contribution in [0.25, 0.3) is 11.6 Å². The molecular formula is C23H26BF4N2. The Balaban J connectivity index is 0.000000311. The van der Waals surface area contributed by atoms with Gasteiger partial charge in [0.15, 0.2) is 0 Å². The molecule has 0 aliphatic rings. The predicted octanol–water partition coefficient (Wildman–Crippen LogP) is 5.86. The Morgan fingerprint density at radius 3 is 2.10 bits per heavy atom. The Morgan fingerprint density at radius 2 is 1.67 bits per heavy atom. The van der Waals surface area contributed by atoms with Crippen LogP contribution in [0.5, 0.6) is 0 Å². The third kappa shape index (κ3) is 8.27. The van der Waals surface area contributed by atoms with Crippen LogP contribution >= 0.6 is 0 Å². The first-order valence-corrected chi connectivity index (χ1v) is 9.48. The van der Waals surface area contributed by atoms with Crippen LogP contribution in [0.4, 0.5) is 23.2 Å². The molecule has 1 unspecified atom stereocenters. The van der Waals surface area contributed by atoms with E-state index in [4.69, 9.17) is 7.49 Å². The van der Waals surface area contributed by atoms with E-state index < -0.39 is 23.7 Å². The number of alkyl halides is 1. The van der Waals surface area contributed by atoms with Gasteiger partial charge in [-0.05, 0) is 6.42 Å². The molecule has 0 fully saturated rings. The van der Waals surface area contributed by atoms with Gasteiger partial charge in [0.25, 0.3) is 0 Å². The molecule has 0 aromatic heterocycles. The summed E-state index contributed by atoms with van der Waals surface area (Å²) in [4.78, 5) is 0. The third-order valence-corrected chi connectivity index (χ3v) is 3.93. The summed E-state index contributed by atoms with van der Waals surface area (Å²) in [5, 5.41) is 5.65. The first-order chi connectivity index (χ1) is 14.2. The zero-order valence-electron chi connectivity index (χ0n) is 17.6. The summed E-state index contributed by atoms with van der Waals surface area (Å²) in [5.74, 6) is -2.65. The Morgan fingerprint density at radius 1 is 1.10 bits per heavy atom. The van der Waals surface area contributed by atoms with Crippen molar-refractivity contribution in [2.24, 2.45) is 0 Å². The number of benzene rings is 2. The molecule has 0 heterocycles. The van der Waals surface area contributed by atoms with Gasteiger partial charge in [-0.2, -0.15) is 0 Å². The zero-order valence-corrected chi connectivity index (χ0v) is 17.6. The van der Waals surface area contributed by atoms with Crippen molar-refractivity contribution in [3.63, 3.8) is 0 Å². The molecule has 2 N–H and O–H groups in total. The van der Waals surface area contributed by atoms with Gasteiger partial charge in [-0.3, -0.25) is 0 Å². The maximum absolute atomic E-state index is 12.9. The molecule has 159 valence electrons. The quantitative estimate of drug-likeness (QED) is 0.335. The maximum atomic E-state index is 12.9. The molecule has 2 nitrogen and oxygen atoms in total. The Bertz CT molecular complexity index is 868. The molecule has 30 heavy (non-hydrogen) atoms. The minimum atomic E-state index is -1.10. The number of allylic oxidation sites excluding steroid dienone is 2. The SMILES string of the molecule is CCC=Cc1c(F)cc(F)cc1F.[B]=C(C)/C(=C\NC(C)F)c1ccc(NC)cc1. The van der Waals surface area contributed by atoms with E-state index in [-0.39, 0.29) is 5.56 Å². The summed E-state index contributed by atoms with van der Waals surface area (Å²) in [6, 6.07) is 9.12. The van der Waals surface area contributed by atoms with E-state index in [9.17, 15) is 17.6 Å². The van der Waals surface area contributed by atoms with Crippen LogP contribution in [0.2, 0.25) is 0 Å². The van der Waals surface area contributed by atoms with E-state index in [0.717, 1.165) is 16.8 Å². The molecule has 7 heteroatoms. The fraction of sp³-hybridized carbons (Fsp3) is 0.261. The number of halogens is 4. The Hall–Kier alpha value is -2.83. The van der Waals surface area contributed by atoms with Crippen molar-refractivity contribution in [1.82, 2.24) is 5.32 Å². The second-order valence-corrected chi connectivity index (χ2v) is 6.44.